The zero-order chi connectivity index (χ0) is 16.0. The summed E-state index contributed by atoms with van der Waals surface area (Å²) < 4.78 is 51.2. The highest BCUT2D eigenvalue weighted by Crippen LogP contribution is 2.32. The SMILES string of the molecule is CCCCN(CCCl)C(=O)c1ccc(F)c(C(F)(F)F)c1. The van der Waals surface area contributed by atoms with E-state index in [4.69, 9.17) is 11.6 Å². The molecule has 0 atom stereocenters. The second-order valence-electron chi connectivity index (χ2n) is 4.53. The number of nitrogens with zero attached hydrogens (tertiary/aromatic N) is 1. The Kier molecular flexibility index (Phi) is 6.45. The van der Waals surface area contributed by atoms with Gasteiger partial charge in [0.1, 0.15) is 5.82 Å². The molecule has 0 aliphatic carbocycles. The van der Waals surface area contributed by atoms with E-state index in [0.717, 1.165) is 18.9 Å². The first-order chi connectivity index (χ1) is 9.81. The van der Waals surface area contributed by atoms with Gasteiger partial charge in [-0.25, -0.2) is 4.39 Å². The third-order valence-electron chi connectivity index (χ3n) is 2.94. The van der Waals surface area contributed by atoms with Gasteiger partial charge in [0.05, 0.1) is 5.56 Å². The third-order valence-corrected chi connectivity index (χ3v) is 3.11. The number of carbonyl (C=O) groups excluding carboxylic acids is 1. The highest BCUT2D eigenvalue weighted by Gasteiger charge is 2.35. The average molecular weight is 326 g/mol. The molecule has 0 aliphatic heterocycles. The van der Waals surface area contributed by atoms with Gasteiger partial charge in [0.25, 0.3) is 5.91 Å². The minimum absolute atomic E-state index is 0.183. The van der Waals surface area contributed by atoms with E-state index >= 15 is 0 Å². The number of hydrogen-bond donors (Lipinski definition) is 0. The third kappa shape index (κ3) is 4.88. The van der Waals surface area contributed by atoms with Crippen LogP contribution in [0.4, 0.5) is 17.6 Å². The van der Waals surface area contributed by atoms with Crippen molar-refractivity contribution < 1.29 is 22.4 Å². The van der Waals surface area contributed by atoms with Crippen molar-refractivity contribution in [3.63, 3.8) is 0 Å². The molecule has 0 aliphatic rings. The van der Waals surface area contributed by atoms with Crippen LogP contribution >= 0.6 is 11.6 Å². The summed E-state index contributed by atoms with van der Waals surface area (Å²) in [5.74, 6) is -1.78. The van der Waals surface area contributed by atoms with Gasteiger partial charge in [0.15, 0.2) is 0 Å². The highest BCUT2D eigenvalue weighted by molar-refractivity contribution is 6.18. The summed E-state index contributed by atoms with van der Waals surface area (Å²) in [4.78, 5) is 13.6. The number of hydrogen-bond acceptors (Lipinski definition) is 1. The van der Waals surface area contributed by atoms with Gasteiger partial charge < -0.3 is 4.90 Å². The van der Waals surface area contributed by atoms with Crippen LogP contribution in [-0.4, -0.2) is 29.8 Å². The van der Waals surface area contributed by atoms with Gasteiger partial charge in [-0.2, -0.15) is 13.2 Å². The quantitative estimate of drug-likeness (QED) is 0.563. The zero-order valence-electron chi connectivity index (χ0n) is 11.5. The summed E-state index contributed by atoms with van der Waals surface area (Å²) >= 11 is 5.60. The van der Waals surface area contributed by atoms with Crippen molar-refractivity contribution >= 4 is 17.5 Å². The molecule has 7 heteroatoms. The Balaban J connectivity index is 3.05. The maximum atomic E-state index is 13.2. The van der Waals surface area contributed by atoms with Gasteiger partial charge in [-0.3, -0.25) is 4.79 Å². The molecule has 0 unspecified atom stereocenters. The minimum atomic E-state index is -4.83. The monoisotopic (exact) mass is 325 g/mol. The number of amides is 1. The van der Waals surface area contributed by atoms with E-state index in [1.54, 1.807) is 0 Å². The van der Waals surface area contributed by atoms with Crippen LogP contribution in [0.3, 0.4) is 0 Å². The topological polar surface area (TPSA) is 20.3 Å². The molecule has 1 amide bonds. The first-order valence-electron chi connectivity index (χ1n) is 6.53. The van der Waals surface area contributed by atoms with Gasteiger partial charge in [-0.1, -0.05) is 13.3 Å². The van der Waals surface area contributed by atoms with E-state index in [-0.39, 0.29) is 18.0 Å². The molecule has 0 saturated heterocycles. The zero-order valence-corrected chi connectivity index (χ0v) is 12.3. The molecule has 0 N–H and O–H groups in total. The van der Waals surface area contributed by atoms with E-state index in [0.29, 0.717) is 18.7 Å². The molecule has 0 fully saturated rings. The Bertz CT molecular complexity index is 490. The fourth-order valence-corrected chi connectivity index (χ4v) is 2.03. The number of halogens is 5. The van der Waals surface area contributed by atoms with Gasteiger partial charge in [0.2, 0.25) is 0 Å². The van der Waals surface area contributed by atoms with E-state index in [1.165, 1.54) is 4.90 Å². The summed E-state index contributed by atoms with van der Waals surface area (Å²) in [5, 5.41) is 0. The number of alkyl halides is 4. The largest absolute Gasteiger partial charge is 0.419 e. The Hall–Kier alpha value is -1.30. The Labute approximate surface area is 125 Å². The highest BCUT2D eigenvalue weighted by atomic mass is 35.5. The van der Waals surface area contributed by atoms with Crippen LogP contribution in [0.1, 0.15) is 35.7 Å². The van der Waals surface area contributed by atoms with Gasteiger partial charge in [-0.05, 0) is 24.6 Å². The van der Waals surface area contributed by atoms with E-state index < -0.39 is 23.5 Å². The number of benzene rings is 1. The summed E-state index contributed by atoms with van der Waals surface area (Å²) in [6.07, 6.45) is -3.28. The lowest BCUT2D eigenvalue weighted by Gasteiger charge is -2.22. The molecular weight excluding hydrogens is 310 g/mol. The van der Waals surface area contributed by atoms with Crippen molar-refractivity contribution in [1.82, 2.24) is 4.90 Å². The standard InChI is InChI=1S/C14H16ClF4NO/c1-2-3-7-20(8-6-15)13(21)10-4-5-12(16)11(9-10)14(17,18)19/h4-5,9H,2-3,6-8H2,1H3. The molecule has 0 bridgehead atoms. The van der Waals surface area contributed by atoms with Gasteiger partial charge in [-0.15, -0.1) is 11.6 Å². The molecule has 0 heterocycles. The van der Waals surface area contributed by atoms with Crippen LogP contribution in [0.2, 0.25) is 0 Å². The lowest BCUT2D eigenvalue weighted by Crippen LogP contribution is -2.34. The van der Waals surface area contributed by atoms with Crippen LogP contribution in [0.5, 0.6) is 0 Å². The first kappa shape index (κ1) is 17.8. The van der Waals surface area contributed by atoms with Gasteiger partial charge >= 0.3 is 6.18 Å². The predicted octanol–water partition coefficient (Wildman–Crippen LogP) is 4.33. The van der Waals surface area contributed by atoms with Crippen molar-refractivity contribution in [3.8, 4) is 0 Å². The Morgan fingerprint density at radius 1 is 1.29 bits per heavy atom. The summed E-state index contributed by atoms with van der Waals surface area (Å²) in [7, 11) is 0. The fraction of sp³-hybridized carbons (Fsp3) is 0.500. The van der Waals surface area contributed by atoms with E-state index in [9.17, 15) is 22.4 Å². The second kappa shape index (κ2) is 7.64. The molecule has 0 spiro atoms. The molecule has 118 valence electrons. The summed E-state index contributed by atoms with van der Waals surface area (Å²) in [6, 6.07) is 2.26. The summed E-state index contributed by atoms with van der Waals surface area (Å²) in [6.45, 7) is 2.57. The fourth-order valence-electron chi connectivity index (χ4n) is 1.82. The van der Waals surface area contributed by atoms with Crippen molar-refractivity contribution in [2.24, 2.45) is 0 Å². The molecule has 1 rings (SSSR count). The summed E-state index contributed by atoms with van der Waals surface area (Å²) in [5.41, 5.74) is -1.63. The molecule has 21 heavy (non-hydrogen) atoms. The Morgan fingerprint density at radius 3 is 2.48 bits per heavy atom. The molecule has 1 aromatic rings. The molecule has 0 saturated carbocycles. The second-order valence-corrected chi connectivity index (χ2v) is 4.91. The van der Waals surface area contributed by atoms with Crippen LogP contribution in [-0.2, 0) is 6.18 Å². The maximum absolute atomic E-state index is 13.2. The minimum Gasteiger partial charge on any atom is -0.337 e. The average Bonchev–Trinajstić information content (AvgIpc) is 2.42. The van der Waals surface area contributed by atoms with Crippen molar-refractivity contribution in [1.29, 1.82) is 0 Å². The predicted molar refractivity (Wildman–Crippen MR) is 72.9 cm³/mol. The van der Waals surface area contributed by atoms with E-state index in [1.807, 2.05) is 6.92 Å². The molecule has 2 nitrogen and oxygen atoms in total. The number of carbonyl (C=O) groups is 1. The molecular formula is C14H16ClF4NO. The van der Waals surface area contributed by atoms with Crippen molar-refractivity contribution in [3.05, 3.63) is 35.1 Å². The smallest absolute Gasteiger partial charge is 0.337 e. The van der Waals surface area contributed by atoms with Crippen LogP contribution in [0.15, 0.2) is 18.2 Å². The molecule has 0 radical (unpaired) electrons. The van der Waals surface area contributed by atoms with Gasteiger partial charge in [0, 0.05) is 24.5 Å². The Morgan fingerprint density at radius 2 is 1.95 bits per heavy atom. The lowest BCUT2D eigenvalue weighted by molar-refractivity contribution is -0.140. The molecule has 0 aromatic heterocycles. The maximum Gasteiger partial charge on any atom is 0.419 e. The number of unbranched alkanes of at least 4 members (excludes halogenated alkanes) is 1. The first-order valence-corrected chi connectivity index (χ1v) is 7.06. The van der Waals surface area contributed by atoms with Crippen LogP contribution in [0, 0.1) is 5.82 Å². The van der Waals surface area contributed by atoms with Crippen molar-refractivity contribution in [2.75, 3.05) is 19.0 Å². The van der Waals surface area contributed by atoms with Crippen LogP contribution < -0.4 is 0 Å². The van der Waals surface area contributed by atoms with E-state index in [2.05, 4.69) is 0 Å². The number of rotatable bonds is 6. The van der Waals surface area contributed by atoms with Crippen LogP contribution in [0.25, 0.3) is 0 Å². The normalized spacial score (nSPS) is 11.5. The lowest BCUT2D eigenvalue weighted by atomic mass is 10.1. The molecule has 1 aromatic carbocycles. The van der Waals surface area contributed by atoms with Crippen molar-refractivity contribution in [2.45, 2.75) is 25.9 Å².